The van der Waals surface area contributed by atoms with Crippen molar-refractivity contribution in [2.24, 2.45) is 0 Å². The van der Waals surface area contributed by atoms with Crippen molar-refractivity contribution < 1.29 is 19.4 Å². The Labute approximate surface area is 99.5 Å². The Morgan fingerprint density at radius 3 is 2.71 bits per heavy atom. The number of ketones is 1. The second-order valence-corrected chi connectivity index (χ2v) is 3.41. The Kier molecular flexibility index (Phi) is 4.46. The maximum absolute atomic E-state index is 11.5. The number of carbonyl (C=O) groups is 2. The van der Waals surface area contributed by atoms with Crippen molar-refractivity contribution in [3.63, 3.8) is 0 Å². The molecule has 0 saturated carbocycles. The summed E-state index contributed by atoms with van der Waals surface area (Å²) in [5, 5.41) is 9.52. The number of esters is 1. The maximum Gasteiger partial charge on any atom is 0.330 e. The summed E-state index contributed by atoms with van der Waals surface area (Å²) in [4.78, 5) is 22.4. The van der Waals surface area contributed by atoms with Gasteiger partial charge in [-0.1, -0.05) is 13.0 Å². The minimum atomic E-state index is -0.471. The lowest BCUT2D eigenvalue weighted by Crippen LogP contribution is -1.97. The van der Waals surface area contributed by atoms with Crippen LogP contribution >= 0.6 is 0 Å². The SMILES string of the molecule is CCC(=O)c1cc(C=CC(=O)OC)ccc1O. The van der Waals surface area contributed by atoms with E-state index in [1.54, 1.807) is 19.1 Å². The van der Waals surface area contributed by atoms with Crippen molar-refractivity contribution in [2.45, 2.75) is 13.3 Å². The first-order chi connectivity index (χ1) is 8.08. The maximum atomic E-state index is 11.5. The molecule has 4 heteroatoms. The molecular weight excluding hydrogens is 220 g/mol. The summed E-state index contributed by atoms with van der Waals surface area (Å²) in [5.41, 5.74) is 0.921. The number of carbonyl (C=O) groups excluding carboxylic acids is 2. The van der Waals surface area contributed by atoms with E-state index in [0.717, 1.165) is 0 Å². The van der Waals surface area contributed by atoms with E-state index < -0.39 is 5.97 Å². The van der Waals surface area contributed by atoms with Crippen LogP contribution in [0.15, 0.2) is 24.3 Å². The molecule has 0 aromatic heterocycles. The molecule has 0 amide bonds. The fourth-order valence-electron chi connectivity index (χ4n) is 1.30. The average Bonchev–Trinajstić information content (AvgIpc) is 2.36. The summed E-state index contributed by atoms with van der Waals surface area (Å²) in [6, 6.07) is 4.58. The molecule has 0 saturated heterocycles. The second kappa shape index (κ2) is 5.84. The van der Waals surface area contributed by atoms with Crippen molar-refractivity contribution in [3.05, 3.63) is 35.4 Å². The quantitative estimate of drug-likeness (QED) is 0.492. The fraction of sp³-hybridized carbons (Fsp3) is 0.231. The van der Waals surface area contributed by atoms with Crippen LogP contribution in [0.4, 0.5) is 0 Å². The molecule has 0 fully saturated rings. The number of Topliss-reactive ketones (excluding diaryl/α,β-unsaturated/α-hetero) is 1. The van der Waals surface area contributed by atoms with E-state index in [-0.39, 0.29) is 17.1 Å². The van der Waals surface area contributed by atoms with Gasteiger partial charge in [0.15, 0.2) is 5.78 Å². The molecule has 0 bridgehead atoms. The molecule has 90 valence electrons. The summed E-state index contributed by atoms with van der Waals surface area (Å²) < 4.78 is 4.45. The number of aromatic hydroxyl groups is 1. The summed E-state index contributed by atoms with van der Waals surface area (Å²) >= 11 is 0. The van der Waals surface area contributed by atoms with Crippen LogP contribution < -0.4 is 0 Å². The van der Waals surface area contributed by atoms with Gasteiger partial charge in [-0.25, -0.2) is 4.79 Å². The van der Waals surface area contributed by atoms with Gasteiger partial charge in [-0.15, -0.1) is 0 Å². The van der Waals surface area contributed by atoms with Crippen LogP contribution in [0.1, 0.15) is 29.3 Å². The Hall–Kier alpha value is -2.10. The highest BCUT2D eigenvalue weighted by Gasteiger charge is 2.09. The van der Waals surface area contributed by atoms with E-state index >= 15 is 0 Å². The van der Waals surface area contributed by atoms with E-state index in [2.05, 4.69) is 4.74 Å². The van der Waals surface area contributed by atoms with Crippen molar-refractivity contribution >= 4 is 17.8 Å². The molecule has 1 aromatic carbocycles. The molecular formula is C13H14O4. The van der Waals surface area contributed by atoms with Crippen LogP contribution in [0.5, 0.6) is 5.75 Å². The normalized spacial score (nSPS) is 10.5. The molecule has 0 spiro atoms. The zero-order valence-corrected chi connectivity index (χ0v) is 9.77. The van der Waals surface area contributed by atoms with Crippen LogP contribution in [0.2, 0.25) is 0 Å². The molecule has 0 atom stereocenters. The number of methoxy groups -OCH3 is 1. The largest absolute Gasteiger partial charge is 0.507 e. The number of benzene rings is 1. The van der Waals surface area contributed by atoms with Crippen LogP contribution in [-0.4, -0.2) is 24.0 Å². The van der Waals surface area contributed by atoms with Gasteiger partial charge in [-0.05, 0) is 23.8 Å². The smallest absolute Gasteiger partial charge is 0.330 e. The number of ether oxygens (including phenoxy) is 1. The van der Waals surface area contributed by atoms with Gasteiger partial charge in [-0.3, -0.25) is 4.79 Å². The van der Waals surface area contributed by atoms with Crippen molar-refractivity contribution in [1.29, 1.82) is 0 Å². The molecule has 0 aliphatic carbocycles. The molecule has 0 aliphatic rings. The lowest BCUT2D eigenvalue weighted by molar-refractivity contribution is -0.134. The third-order valence-electron chi connectivity index (χ3n) is 2.26. The predicted molar refractivity (Wildman–Crippen MR) is 63.8 cm³/mol. The number of phenols is 1. The van der Waals surface area contributed by atoms with Crippen LogP contribution in [-0.2, 0) is 9.53 Å². The van der Waals surface area contributed by atoms with Crippen LogP contribution in [0.3, 0.4) is 0 Å². The molecule has 0 heterocycles. The van der Waals surface area contributed by atoms with Crippen LogP contribution in [0, 0.1) is 0 Å². The monoisotopic (exact) mass is 234 g/mol. The highest BCUT2D eigenvalue weighted by atomic mass is 16.5. The van der Waals surface area contributed by atoms with Gasteiger partial charge < -0.3 is 9.84 Å². The second-order valence-electron chi connectivity index (χ2n) is 3.41. The van der Waals surface area contributed by atoms with Gasteiger partial charge in [0.25, 0.3) is 0 Å². The Balaban J connectivity index is 3.00. The van der Waals surface area contributed by atoms with E-state index in [0.29, 0.717) is 12.0 Å². The highest BCUT2D eigenvalue weighted by molar-refractivity contribution is 5.99. The van der Waals surface area contributed by atoms with Crippen molar-refractivity contribution in [3.8, 4) is 5.75 Å². The Morgan fingerprint density at radius 1 is 1.41 bits per heavy atom. The first-order valence-electron chi connectivity index (χ1n) is 5.20. The Morgan fingerprint density at radius 2 is 2.12 bits per heavy atom. The zero-order valence-electron chi connectivity index (χ0n) is 9.77. The lowest BCUT2D eigenvalue weighted by atomic mass is 10.0. The summed E-state index contributed by atoms with van der Waals surface area (Å²) in [7, 11) is 1.29. The fourth-order valence-corrected chi connectivity index (χ4v) is 1.30. The zero-order chi connectivity index (χ0) is 12.8. The summed E-state index contributed by atoms with van der Waals surface area (Å²) in [5.74, 6) is -0.663. The Bertz CT molecular complexity index is 460. The molecule has 0 aliphatic heterocycles. The predicted octanol–water partition coefficient (Wildman–Crippen LogP) is 2.17. The first-order valence-corrected chi connectivity index (χ1v) is 5.20. The molecule has 0 radical (unpaired) electrons. The van der Waals surface area contributed by atoms with E-state index in [1.165, 1.54) is 25.3 Å². The molecule has 0 unspecified atom stereocenters. The molecule has 1 N–H and O–H groups in total. The van der Waals surface area contributed by atoms with Gasteiger partial charge in [0.05, 0.1) is 12.7 Å². The van der Waals surface area contributed by atoms with Gasteiger partial charge in [0, 0.05) is 12.5 Å². The van der Waals surface area contributed by atoms with E-state index in [4.69, 9.17) is 0 Å². The molecule has 4 nitrogen and oxygen atoms in total. The number of rotatable bonds is 4. The van der Waals surface area contributed by atoms with Gasteiger partial charge in [0.2, 0.25) is 0 Å². The average molecular weight is 234 g/mol. The van der Waals surface area contributed by atoms with E-state index in [1.807, 2.05) is 0 Å². The lowest BCUT2D eigenvalue weighted by Gasteiger charge is -2.03. The van der Waals surface area contributed by atoms with Gasteiger partial charge in [0.1, 0.15) is 5.75 Å². The number of hydrogen-bond acceptors (Lipinski definition) is 4. The number of hydrogen-bond donors (Lipinski definition) is 1. The summed E-state index contributed by atoms with van der Waals surface area (Å²) in [6.07, 6.45) is 3.10. The number of phenolic OH excluding ortho intramolecular Hbond substituents is 1. The van der Waals surface area contributed by atoms with Crippen LogP contribution in [0.25, 0.3) is 6.08 Å². The molecule has 17 heavy (non-hydrogen) atoms. The highest BCUT2D eigenvalue weighted by Crippen LogP contribution is 2.20. The third-order valence-corrected chi connectivity index (χ3v) is 2.26. The minimum Gasteiger partial charge on any atom is -0.507 e. The summed E-state index contributed by atoms with van der Waals surface area (Å²) in [6.45, 7) is 1.72. The standard InChI is InChI=1S/C13H14O4/c1-3-11(14)10-8-9(4-6-12(10)15)5-7-13(16)17-2/h4-8,15H,3H2,1-2H3. The van der Waals surface area contributed by atoms with Crippen molar-refractivity contribution in [1.82, 2.24) is 0 Å². The molecule has 1 rings (SSSR count). The van der Waals surface area contributed by atoms with Gasteiger partial charge >= 0.3 is 5.97 Å². The topological polar surface area (TPSA) is 63.6 Å². The van der Waals surface area contributed by atoms with Gasteiger partial charge in [-0.2, -0.15) is 0 Å². The van der Waals surface area contributed by atoms with E-state index in [9.17, 15) is 14.7 Å². The minimum absolute atomic E-state index is 0.0490. The third kappa shape index (κ3) is 3.45. The van der Waals surface area contributed by atoms with Crippen molar-refractivity contribution in [2.75, 3.05) is 7.11 Å². The molecule has 1 aromatic rings. The first kappa shape index (κ1) is 13.0.